The molecule has 1 amide bonds. The van der Waals surface area contributed by atoms with Crippen LogP contribution in [-0.4, -0.2) is 41.8 Å². The Bertz CT molecular complexity index is 991. The Morgan fingerprint density at radius 3 is 2.79 bits per heavy atom. The van der Waals surface area contributed by atoms with Gasteiger partial charge in [-0.3, -0.25) is 4.79 Å². The van der Waals surface area contributed by atoms with Gasteiger partial charge in [0.1, 0.15) is 5.76 Å². The fourth-order valence-electron chi connectivity index (χ4n) is 3.19. The zero-order valence-corrected chi connectivity index (χ0v) is 17.4. The number of carbonyl (C=O) groups is 1. The van der Waals surface area contributed by atoms with Crippen molar-refractivity contribution in [2.24, 2.45) is 7.05 Å². The number of aromatic nitrogens is 2. The summed E-state index contributed by atoms with van der Waals surface area (Å²) in [7, 11) is 1.95. The van der Waals surface area contributed by atoms with Crippen LogP contribution in [0.4, 0.5) is 11.4 Å². The van der Waals surface area contributed by atoms with Crippen molar-refractivity contribution in [3.8, 4) is 0 Å². The van der Waals surface area contributed by atoms with E-state index in [1.54, 1.807) is 24.0 Å². The van der Waals surface area contributed by atoms with Crippen molar-refractivity contribution in [1.29, 1.82) is 0 Å². The number of ether oxygens (including phenoxy) is 1. The average Bonchev–Trinajstić information content (AvgIpc) is 3.37. The molecule has 0 spiro atoms. The van der Waals surface area contributed by atoms with Crippen molar-refractivity contribution in [1.82, 2.24) is 9.55 Å². The minimum absolute atomic E-state index is 0.250. The van der Waals surface area contributed by atoms with Gasteiger partial charge in [-0.15, -0.1) is 0 Å². The van der Waals surface area contributed by atoms with Crippen LogP contribution in [0.3, 0.4) is 0 Å². The Kier molecular flexibility index (Phi) is 5.92. The molecule has 1 aliphatic rings. The first-order valence-corrected chi connectivity index (χ1v) is 10.5. The third kappa shape index (κ3) is 4.65. The number of hydrogen-bond donors (Lipinski definition) is 1. The molecule has 7 nitrogen and oxygen atoms in total. The first-order valence-electron chi connectivity index (χ1n) is 9.54. The Morgan fingerprint density at radius 1 is 1.24 bits per heavy atom. The Morgan fingerprint density at radius 2 is 2.07 bits per heavy atom. The fourth-order valence-corrected chi connectivity index (χ4v) is 4.02. The molecule has 3 heterocycles. The van der Waals surface area contributed by atoms with Crippen molar-refractivity contribution in [2.75, 3.05) is 36.5 Å². The van der Waals surface area contributed by atoms with Crippen LogP contribution in [0.1, 0.15) is 21.9 Å². The van der Waals surface area contributed by atoms with E-state index in [-0.39, 0.29) is 5.91 Å². The van der Waals surface area contributed by atoms with E-state index in [0.29, 0.717) is 11.5 Å². The summed E-state index contributed by atoms with van der Waals surface area (Å²) in [5.74, 6) is 1.41. The molecule has 2 aromatic heterocycles. The number of nitrogens with one attached hydrogen (secondary N) is 1. The first kappa shape index (κ1) is 19.6. The largest absolute Gasteiger partial charge is 0.455 e. The van der Waals surface area contributed by atoms with Crippen LogP contribution in [0, 0.1) is 6.92 Å². The lowest BCUT2D eigenvalue weighted by Gasteiger charge is -2.29. The molecule has 152 valence electrons. The number of anilines is 2. The Labute approximate surface area is 174 Å². The third-order valence-corrected chi connectivity index (χ3v) is 5.92. The maximum atomic E-state index is 12.6. The highest BCUT2D eigenvalue weighted by Crippen LogP contribution is 2.25. The van der Waals surface area contributed by atoms with E-state index in [2.05, 4.69) is 21.3 Å². The summed E-state index contributed by atoms with van der Waals surface area (Å²) < 4.78 is 13.1. The number of hydrogen-bond acceptors (Lipinski definition) is 6. The smallest absolute Gasteiger partial charge is 0.291 e. The summed E-state index contributed by atoms with van der Waals surface area (Å²) in [4.78, 5) is 19.2. The van der Waals surface area contributed by atoms with Gasteiger partial charge < -0.3 is 23.9 Å². The van der Waals surface area contributed by atoms with Crippen molar-refractivity contribution < 1.29 is 13.9 Å². The molecule has 1 aliphatic heterocycles. The van der Waals surface area contributed by atoms with Crippen LogP contribution in [0.5, 0.6) is 0 Å². The van der Waals surface area contributed by atoms with Gasteiger partial charge >= 0.3 is 0 Å². The molecule has 29 heavy (non-hydrogen) atoms. The molecular formula is C21H24N4O3S. The molecular weight excluding hydrogens is 388 g/mol. The van der Waals surface area contributed by atoms with Gasteiger partial charge in [-0.2, -0.15) is 0 Å². The number of thioether (sulfide) groups is 1. The molecule has 4 rings (SSSR count). The van der Waals surface area contributed by atoms with Crippen LogP contribution < -0.4 is 10.2 Å². The van der Waals surface area contributed by atoms with E-state index in [4.69, 9.17) is 9.15 Å². The topological polar surface area (TPSA) is 72.5 Å². The lowest BCUT2D eigenvalue weighted by atomic mass is 10.1. The van der Waals surface area contributed by atoms with E-state index in [0.717, 1.165) is 54.2 Å². The molecule has 1 fully saturated rings. The van der Waals surface area contributed by atoms with Crippen LogP contribution in [0.2, 0.25) is 0 Å². The summed E-state index contributed by atoms with van der Waals surface area (Å²) in [6, 6.07) is 9.61. The quantitative estimate of drug-likeness (QED) is 0.623. The van der Waals surface area contributed by atoms with Gasteiger partial charge in [-0.1, -0.05) is 11.8 Å². The van der Waals surface area contributed by atoms with Crippen LogP contribution >= 0.6 is 11.8 Å². The summed E-state index contributed by atoms with van der Waals surface area (Å²) in [5, 5.41) is 3.86. The van der Waals surface area contributed by atoms with Crippen molar-refractivity contribution in [3.05, 3.63) is 59.8 Å². The lowest BCUT2D eigenvalue weighted by molar-refractivity contribution is 0.0995. The van der Waals surface area contributed by atoms with Crippen molar-refractivity contribution in [2.45, 2.75) is 17.8 Å². The maximum absolute atomic E-state index is 12.6. The molecule has 0 saturated carbocycles. The summed E-state index contributed by atoms with van der Waals surface area (Å²) in [6.07, 6.45) is 3.66. The molecule has 3 aromatic rings. The predicted octanol–water partition coefficient (Wildman–Crippen LogP) is 3.70. The lowest BCUT2D eigenvalue weighted by Crippen LogP contribution is -2.36. The predicted molar refractivity (Wildman–Crippen MR) is 114 cm³/mol. The second-order valence-electron chi connectivity index (χ2n) is 6.93. The summed E-state index contributed by atoms with van der Waals surface area (Å²) >= 11 is 1.57. The van der Waals surface area contributed by atoms with Gasteiger partial charge in [0.05, 0.1) is 19.0 Å². The third-order valence-electron chi connectivity index (χ3n) is 4.84. The summed E-state index contributed by atoms with van der Waals surface area (Å²) in [5.41, 5.74) is 2.95. The Hall–Kier alpha value is -2.71. The van der Waals surface area contributed by atoms with Crippen LogP contribution in [0.15, 0.2) is 52.3 Å². The second kappa shape index (κ2) is 8.75. The van der Waals surface area contributed by atoms with E-state index >= 15 is 0 Å². The molecule has 1 N–H and O–H groups in total. The monoisotopic (exact) mass is 412 g/mol. The highest BCUT2D eigenvalue weighted by Gasteiger charge is 2.15. The highest BCUT2D eigenvalue weighted by atomic mass is 32.2. The zero-order valence-electron chi connectivity index (χ0n) is 16.6. The number of rotatable bonds is 6. The molecule has 1 saturated heterocycles. The number of nitrogens with zero attached hydrogens (tertiary/aromatic N) is 3. The number of aryl methyl sites for hydroxylation is 2. The number of furan rings is 1. The fraction of sp³-hybridized carbons (Fsp3) is 0.333. The molecule has 1 aromatic carbocycles. The summed E-state index contributed by atoms with van der Waals surface area (Å²) in [6.45, 7) is 5.26. The minimum atomic E-state index is -0.250. The number of benzene rings is 1. The molecule has 0 radical (unpaired) electrons. The van der Waals surface area contributed by atoms with Gasteiger partial charge in [0.15, 0.2) is 10.9 Å². The number of amides is 1. The number of morpholine rings is 1. The van der Waals surface area contributed by atoms with Crippen LogP contribution in [0.25, 0.3) is 0 Å². The van der Waals surface area contributed by atoms with Gasteiger partial charge in [0.25, 0.3) is 5.91 Å². The SMILES string of the molecule is Cc1cc(N2CCOCC2)ccc1NC(=O)c1ccc(CSc2nccn2C)o1. The van der Waals surface area contributed by atoms with Crippen molar-refractivity contribution in [3.63, 3.8) is 0 Å². The number of carbonyl (C=O) groups excluding carboxylic acids is 1. The van der Waals surface area contributed by atoms with E-state index < -0.39 is 0 Å². The standard InChI is InChI=1S/C21H24N4O3S/c1-15-13-16(25-9-11-27-12-10-25)3-5-18(15)23-20(26)19-6-4-17(28-19)14-29-21-22-7-8-24(21)2/h3-8,13H,9-12,14H2,1-2H3,(H,23,26). The molecule has 8 heteroatoms. The number of imidazole rings is 1. The van der Waals surface area contributed by atoms with Crippen LogP contribution in [-0.2, 0) is 17.5 Å². The molecule has 0 bridgehead atoms. The maximum Gasteiger partial charge on any atom is 0.291 e. The van der Waals surface area contributed by atoms with E-state index in [1.807, 2.05) is 42.9 Å². The first-order chi connectivity index (χ1) is 14.1. The Balaban J connectivity index is 1.37. The van der Waals surface area contributed by atoms with E-state index in [1.165, 1.54) is 0 Å². The van der Waals surface area contributed by atoms with Gasteiger partial charge in [-0.25, -0.2) is 4.98 Å². The molecule has 0 atom stereocenters. The minimum Gasteiger partial charge on any atom is -0.455 e. The van der Waals surface area contributed by atoms with Crippen molar-refractivity contribution >= 4 is 29.0 Å². The van der Waals surface area contributed by atoms with E-state index in [9.17, 15) is 4.79 Å². The highest BCUT2D eigenvalue weighted by molar-refractivity contribution is 7.98. The zero-order chi connectivity index (χ0) is 20.2. The normalized spacial score (nSPS) is 14.2. The average molecular weight is 413 g/mol. The van der Waals surface area contributed by atoms with Gasteiger partial charge in [0.2, 0.25) is 0 Å². The van der Waals surface area contributed by atoms with Gasteiger partial charge in [0, 0.05) is 43.9 Å². The second-order valence-corrected chi connectivity index (χ2v) is 7.87. The molecule has 0 unspecified atom stereocenters. The van der Waals surface area contributed by atoms with Gasteiger partial charge in [-0.05, 0) is 42.8 Å². The molecule has 0 aliphatic carbocycles.